The molecule has 0 saturated carbocycles. The molecule has 0 saturated heterocycles. The normalized spacial score (nSPS) is 15.2. The third-order valence-electron chi connectivity index (χ3n) is 3.62. The van der Waals surface area contributed by atoms with E-state index < -0.39 is 5.54 Å². The van der Waals surface area contributed by atoms with Crippen molar-refractivity contribution >= 4 is 21.7 Å². The van der Waals surface area contributed by atoms with E-state index in [1.807, 2.05) is 46.7 Å². The molecule has 1 aromatic rings. The fourth-order valence-corrected chi connectivity index (χ4v) is 2.33. The molecular formula is C13H22BrN3O. The quantitative estimate of drug-likeness (QED) is 0.783. The van der Waals surface area contributed by atoms with E-state index in [0.29, 0.717) is 5.69 Å². The number of rotatable bonds is 5. The second-order valence-corrected chi connectivity index (χ2v) is 6.08. The van der Waals surface area contributed by atoms with Crippen molar-refractivity contribution in [3.8, 4) is 0 Å². The lowest BCUT2D eigenvalue weighted by atomic mass is 9.89. The highest BCUT2D eigenvalue weighted by atomic mass is 79.9. The van der Waals surface area contributed by atoms with E-state index >= 15 is 0 Å². The van der Waals surface area contributed by atoms with Gasteiger partial charge in [-0.25, -0.2) is 0 Å². The van der Waals surface area contributed by atoms with Gasteiger partial charge in [0, 0.05) is 6.04 Å². The molecule has 0 aliphatic rings. The molecule has 1 rings (SSSR count). The summed E-state index contributed by atoms with van der Waals surface area (Å²) in [5.41, 5.74) is 0.151. The molecule has 1 aromatic heterocycles. The number of Topliss-reactive ketones (excluding diaryl/α,β-unsaturated/α-hetero) is 1. The van der Waals surface area contributed by atoms with Crippen LogP contribution in [-0.2, 0) is 0 Å². The number of carbonyl (C=O) groups is 1. The zero-order chi connectivity index (χ0) is 14.1. The minimum atomic E-state index is -0.505. The summed E-state index contributed by atoms with van der Waals surface area (Å²) in [5, 5.41) is 4.27. The third kappa shape index (κ3) is 2.52. The van der Waals surface area contributed by atoms with Gasteiger partial charge in [-0.3, -0.25) is 14.4 Å². The van der Waals surface area contributed by atoms with Crippen LogP contribution in [0.5, 0.6) is 0 Å². The molecule has 18 heavy (non-hydrogen) atoms. The van der Waals surface area contributed by atoms with Crippen LogP contribution in [0.15, 0.2) is 10.7 Å². The summed E-state index contributed by atoms with van der Waals surface area (Å²) < 4.78 is 2.55. The average Bonchev–Trinajstić information content (AvgIpc) is 2.68. The number of carbonyl (C=O) groups excluding carboxylic acids is 1. The smallest absolute Gasteiger partial charge is 0.201 e. The van der Waals surface area contributed by atoms with Crippen LogP contribution in [0.4, 0.5) is 0 Å². The molecule has 0 spiro atoms. The van der Waals surface area contributed by atoms with Crippen LogP contribution in [0.25, 0.3) is 0 Å². The molecule has 0 fully saturated rings. The first-order chi connectivity index (χ1) is 8.25. The van der Waals surface area contributed by atoms with Crippen molar-refractivity contribution in [1.29, 1.82) is 0 Å². The monoisotopic (exact) mass is 315 g/mol. The summed E-state index contributed by atoms with van der Waals surface area (Å²) >= 11 is 3.43. The van der Waals surface area contributed by atoms with Gasteiger partial charge >= 0.3 is 0 Å². The van der Waals surface area contributed by atoms with Gasteiger partial charge in [-0.15, -0.1) is 0 Å². The number of halogens is 1. The lowest BCUT2D eigenvalue weighted by Gasteiger charge is -2.34. The van der Waals surface area contributed by atoms with E-state index in [0.717, 1.165) is 10.9 Å². The molecule has 102 valence electrons. The van der Waals surface area contributed by atoms with Gasteiger partial charge in [0.15, 0.2) is 0 Å². The zero-order valence-electron chi connectivity index (χ0n) is 12.0. The summed E-state index contributed by atoms with van der Waals surface area (Å²) in [4.78, 5) is 14.8. The lowest BCUT2D eigenvalue weighted by Crippen LogP contribution is -2.48. The molecule has 0 N–H and O–H groups in total. The Morgan fingerprint density at radius 3 is 2.50 bits per heavy atom. The summed E-state index contributed by atoms with van der Waals surface area (Å²) in [7, 11) is 3.87. The molecule has 0 amide bonds. The lowest BCUT2D eigenvalue weighted by molar-refractivity contribution is 0.0695. The average molecular weight is 316 g/mol. The number of ketones is 1. The molecule has 5 heteroatoms. The van der Waals surface area contributed by atoms with Crippen molar-refractivity contribution < 1.29 is 4.79 Å². The predicted molar refractivity (Wildman–Crippen MR) is 77.0 cm³/mol. The van der Waals surface area contributed by atoms with Crippen molar-refractivity contribution in [2.45, 2.75) is 45.7 Å². The van der Waals surface area contributed by atoms with Crippen LogP contribution in [0.1, 0.15) is 50.6 Å². The fraction of sp³-hybridized carbons (Fsp3) is 0.692. The van der Waals surface area contributed by atoms with Crippen LogP contribution in [0.3, 0.4) is 0 Å². The second kappa shape index (κ2) is 5.53. The second-order valence-electron chi connectivity index (χ2n) is 5.23. The topological polar surface area (TPSA) is 38.1 Å². The molecule has 1 unspecified atom stereocenters. The highest BCUT2D eigenvalue weighted by Gasteiger charge is 2.37. The molecule has 1 heterocycles. The van der Waals surface area contributed by atoms with Crippen molar-refractivity contribution in [3.63, 3.8) is 0 Å². The number of hydrogen-bond donors (Lipinski definition) is 0. The van der Waals surface area contributed by atoms with Crippen molar-refractivity contribution in [2.24, 2.45) is 0 Å². The van der Waals surface area contributed by atoms with Gasteiger partial charge in [-0.1, -0.05) is 6.92 Å². The van der Waals surface area contributed by atoms with Crippen LogP contribution in [0.2, 0.25) is 0 Å². The molecule has 0 aromatic carbocycles. The Morgan fingerprint density at radius 2 is 2.11 bits per heavy atom. The number of hydrogen-bond acceptors (Lipinski definition) is 3. The van der Waals surface area contributed by atoms with Crippen LogP contribution in [-0.4, -0.2) is 40.1 Å². The summed E-state index contributed by atoms with van der Waals surface area (Å²) in [5.74, 6) is 0.105. The molecule has 0 bridgehead atoms. The Balaban J connectivity index is 3.30. The molecule has 1 atom stereocenters. The summed E-state index contributed by atoms with van der Waals surface area (Å²) in [6, 6.07) is 0.165. The summed E-state index contributed by atoms with van der Waals surface area (Å²) in [6.07, 6.45) is 2.45. The minimum absolute atomic E-state index is 0.105. The third-order valence-corrected chi connectivity index (χ3v) is 4.20. The molecule has 0 radical (unpaired) electrons. The van der Waals surface area contributed by atoms with E-state index in [9.17, 15) is 4.79 Å². The summed E-state index contributed by atoms with van der Waals surface area (Å²) in [6.45, 7) is 8.05. The van der Waals surface area contributed by atoms with Gasteiger partial charge in [0.25, 0.3) is 0 Å². The van der Waals surface area contributed by atoms with Gasteiger partial charge in [0.1, 0.15) is 5.69 Å². The SMILES string of the molecule is CCC(C)(C(=O)c1c(Br)cnn1C(C)C)N(C)C. The first-order valence-corrected chi connectivity index (χ1v) is 7.00. The standard InChI is InChI=1S/C13H22BrN3O/c1-7-13(4,16(5)6)12(18)11-10(14)8-15-17(11)9(2)3/h8-9H,7H2,1-6H3. The van der Waals surface area contributed by atoms with Crippen LogP contribution >= 0.6 is 15.9 Å². The maximum Gasteiger partial charge on any atom is 0.201 e. The van der Waals surface area contributed by atoms with Gasteiger partial charge in [0.2, 0.25) is 5.78 Å². The van der Waals surface area contributed by atoms with Crippen molar-refractivity contribution in [3.05, 3.63) is 16.4 Å². The molecule has 0 aliphatic carbocycles. The van der Waals surface area contributed by atoms with Crippen molar-refractivity contribution in [1.82, 2.24) is 14.7 Å². The minimum Gasteiger partial charge on any atom is -0.297 e. The maximum atomic E-state index is 12.8. The Hall–Kier alpha value is -0.680. The first kappa shape index (κ1) is 15.4. The Morgan fingerprint density at radius 1 is 1.56 bits per heavy atom. The van der Waals surface area contributed by atoms with Gasteiger partial charge < -0.3 is 0 Å². The maximum absolute atomic E-state index is 12.8. The molecule has 0 aliphatic heterocycles. The number of aromatic nitrogens is 2. The number of nitrogens with zero attached hydrogens (tertiary/aromatic N) is 3. The largest absolute Gasteiger partial charge is 0.297 e. The highest BCUT2D eigenvalue weighted by Crippen LogP contribution is 2.28. The fourth-order valence-electron chi connectivity index (χ4n) is 1.88. The van der Waals surface area contributed by atoms with E-state index in [4.69, 9.17) is 0 Å². The predicted octanol–water partition coefficient (Wildman–Crippen LogP) is 3.14. The van der Waals surface area contributed by atoms with Crippen LogP contribution < -0.4 is 0 Å². The number of likely N-dealkylation sites (N-methyl/N-ethyl adjacent to an activating group) is 1. The first-order valence-electron chi connectivity index (χ1n) is 6.21. The van der Waals surface area contributed by atoms with Crippen molar-refractivity contribution in [2.75, 3.05) is 14.1 Å². The molecular weight excluding hydrogens is 294 g/mol. The Kier molecular flexibility index (Phi) is 4.72. The van der Waals surface area contributed by atoms with Gasteiger partial charge in [-0.05, 0) is 57.2 Å². The van der Waals surface area contributed by atoms with E-state index in [-0.39, 0.29) is 11.8 Å². The molecule has 4 nitrogen and oxygen atoms in total. The van der Waals surface area contributed by atoms with E-state index in [2.05, 4.69) is 21.0 Å². The zero-order valence-corrected chi connectivity index (χ0v) is 13.6. The Bertz CT molecular complexity index is 439. The van der Waals surface area contributed by atoms with Gasteiger partial charge in [-0.2, -0.15) is 5.10 Å². The van der Waals surface area contributed by atoms with Gasteiger partial charge in [0.05, 0.1) is 16.2 Å². The van der Waals surface area contributed by atoms with E-state index in [1.165, 1.54) is 0 Å². The van der Waals surface area contributed by atoms with E-state index in [1.54, 1.807) is 10.9 Å². The highest BCUT2D eigenvalue weighted by molar-refractivity contribution is 9.10. The van der Waals surface area contributed by atoms with Crippen LogP contribution in [0, 0.1) is 0 Å². The Labute approximate surface area is 117 Å².